The van der Waals surface area contributed by atoms with Gasteiger partial charge in [0.05, 0.1) is 0 Å². The Morgan fingerprint density at radius 2 is 1.47 bits per heavy atom. The van der Waals surface area contributed by atoms with E-state index < -0.39 is 0 Å². The Labute approximate surface area is 339 Å². The quantitative estimate of drug-likeness (QED) is 0.0846. The normalized spacial score (nSPS) is 12.8. The standard InChI is InChI=1S/C32H30NS2.C15H28O2.Ir/c1-18(2)15-27-19(3)28-25(34-27)12-11-23-29-26(35-31(23)28)13-14-33-30(29)21-16-20-9-7-8-10-22(20)24(17-21)32(4,5)6;1-7-14(5,8-2)12(16)11-13(17)15(6,9-3)10-4;/h7-14,17-18H,15H2,1-6H3;11,16H,7-10H2,1-6H3;/q-1;;/b;12-11-;. The van der Waals surface area contributed by atoms with Crippen molar-refractivity contribution < 1.29 is 30.0 Å². The van der Waals surface area contributed by atoms with Crippen LogP contribution in [0.4, 0.5) is 0 Å². The molecule has 1 radical (unpaired) electrons. The average Bonchev–Trinajstić information content (AvgIpc) is 3.66. The zero-order valence-corrected chi connectivity index (χ0v) is 37.9. The Balaban J connectivity index is 0.000000299. The van der Waals surface area contributed by atoms with Gasteiger partial charge < -0.3 is 5.11 Å². The van der Waals surface area contributed by atoms with Gasteiger partial charge in [-0.2, -0.15) is 0 Å². The molecule has 0 aliphatic rings. The summed E-state index contributed by atoms with van der Waals surface area (Å²) in [4.78, 5) is 18.7. The van der Waals surface area contributed by atoms with Crippen molar-refractivity contribution in [2.45, 2.75) is 121 Å². The topological polar surface area (TPSA) is 50.2 Å². The molecule has 0 amide bonds. The molecule has 285 valence electrons. The van der Waals surface area contributed by atoms with Crippen molar-refractivity contribution in [2.75, 3.05) is 0 Å². The molecule has 0 unspecified atom stereocenters. The number of carbonyl (C=O) groups excluding carboxylic acids is 1. The molecule has 0 aliphatic heterocycles. The van der Waals surface area contributed by atoms with E-state index in [0.717, 1.165) is 48.7 Å². The van der Waals surface area contributed by atoms with Crippen molar-refractivity contribution >= 4 is 69.5 Å². The molecule has 0 spiro atoms. The van der Waals surface area contributed by atoms with Gasteiger partial charge in [-0.25, -0.2) is 0 Å². The molecule has 3 nitrogen and oxygen atoms in total. The van der Waals surface area contributed by atoms with E-state index in [-0.39, 0.29) is 47.9 Å². The van der Waals surface area contributed by atoms with Gasteiger partial charge in [0.25, 0.3) is 0 Å². The van der Waals surface area contributed by atoms with Crippen molar-refractivity contribution in [1.29, 1.82) is 0 Å². The van der Waals surface area contributed by atoms with E-state index in [1.807, 2.05) is 70.4 Å². The van der Waals surface area contributed by atoms with Crippen LogP contribution >= 0.6 is 22.7 Å². The number of thiophene rings is 2. The van der Waals surface area contributed by atoms with E-state index >= 15 is 0 Å². The molecule has 6 heteroatoms. The smallest absolute Gasteiger partial charge is 0.164 e. The monoisotopic (exact) mass is 925 g/mol. The van der Waals surface area contributed by atoms with Crippen molar-refractivity contribution in [3.8, 4) is 11.3 Å². The maximum absolute atomic E-state index is 12.2. The number of aliphatic hydroxyl groups excluding tert-OH is 1. The fourth-order valence-electron chi connectivity index (χ4n) is 6.99. The van der Waals surface area contributed by atoms with E-state index in [1.54, 1.807) is 0 Å². The van der Waals surface area contributed by atoms with Gasteiger partial charge in [-0.15, -0.1) is 51.8 Å². The van der Waals surface area contributed by atoms with Crippen LogP contribution in [0.5, 0.6) is 0 Å². The van der Waals surface area contributed by atoms with Crippen LogP contribution in [0.2, 0.25) is 0 Å². The number of benzene rings is 3. The van der Waals surface area contributed by atoms with Crippen molar-refractivity contribution in [2.24, 2.45) is 16.7 Å². The van der Waals surface area contributed by atoms with E-state index in [0.29, 0.717) is 5.92 Å². The molecule has 6 aromatic rings. The van der Waals surface area contributed by atoms with E-state index in [9.17, 15) is 9.90 Å². The van der Waals surface area contributed by atoms with Crippen LogP contribution in [0.15, 0.2) is 66.6 Å². The molecule has 3 heterocycles. The van der Waals surface area contributed by atoms with Gasteiger partial charge in [0.15, 0.2) is 5.78 Å². The second-order valence-corrected chi connectivity index (χ2v) is 18.7. The Hall–Kier alpha value is -2.89. The first kappa shape index (κ1) is 42.8. The van der Waals surface area contributed by atoms with Crippen LogP contribution in [-0.2, 0) is 36.7 Å². The van der Waals surface area contributed by atoms with Crippen LogP contribution in [-0.4, -0.2) is 15.9 Å². The summed E-state index contributed by atoms with van der Waals surface area (Å²) in [6.07, 6.45) is 7.87. The summed E-state index contributed by atoms with van der Waals surface area (Å²) in [6, 6.07) is 21.5. The van der Waals surface area contributed by atoms with Crippen LogP contribution in [0, 0.1) is 29.7 Å². The number of nitrogens with zero attached hydrogens (tertiary/aromatic N) is 1. The van der Waals surface area contributed by atoms with E-state index in [4.69, 9.17) is 4.98 Å². The maximum atomic E-state index is 12.2. The SMILES string of the molecule is CCC(C)(CC)C(=O)/C=C(\O)C(C)(CC)CC.Cc1c(CC(C)C)sc2ccc3c(sc4ccnc(-c5[c-]c6ccccc6c(C(C)(C)C)c5)c43)c12.[Ir]. The summed E-state index contributed by atoms with van der Waals surface area (Å²) < 4.78 is 4.10. The predicted octanol–water partition coefficient (Wildman–Crippen LogP) is 14.7. The molecule has 0 saturated carbocycles. The summed E-state index contributed by atoms with van der Waals surface area (Å²) in [5.41, 5.74) is 4.35. The third kappa shape index (κ3) is 8.52. The van der Waals surface area contributed by atoms with Crippen molar-refractivity contribution in [1.82, 2.24) is 4.98 Å². The first-order chi connectivity index (χ1) is 24.5. The Morgan fingerprint density at radius 3 is 2.08 bits per heavy atom. The van der Waals surface area contributed by atoms with Gasteiger partial charge in [0, 0.05) is 73.3 Å². The molecule has 0 atom stereocenters. The largest absolute Gasteiger partial charge is 0.512 e. The van der Waals surface area contributed by atoms with Gasteiger partial charge in [-0.05, 0) is 78.8 Å². The number of hydrogen-bond donors (Lipinski definition) is 1. The second kappa shape index (κ2) is 16.9. The second-order valence-electron chi connectivity index (χ2n) is 16.5. The molecule has 3 aromatic carbocycles. The number of allylic oxidation sites excluding steroid dienone is 2. The maximum Gasteiger partial charge on any atom is 0.164 e. The number of aryl methyl sites for hydroxylation is 1. The van der Waals surface area contributed by atoms with Crippen LogP contribution in [0.3, 0.4) is 0 Å². The fraction of sp³-hybridized carbons (Fsp3) is 0.447. The van der Waals surface area contributed by atoms with Gasteiger partial charge in [0.1, 0.15) is 5.76 Å². The van der Waals surface area contributed by atoms with Crippen molar-refractivity contribution in [3.63, 3.8) is 0 Å². The summed E-state index contributed by atoms with van der Waals surface area (Å²) in [6.45, 7) is 25.9. The number of fused-ring (bicyclic) bond motifs is 6. The molecular formula is C47H58IrNO2S2-. The van der Waals surface area contributed by atoms with Gasteiger partial charge in [-0.3, -0.25) is 9.78 Å². The molecule has 0 fully saturated rings. The van der Waals surface area contributed by atoms with E-state index in [1.165, 1.54) is 57.7 Å². The third-order valence-electron chi connectivity index (χ3n) is 11.6. The minimum atomic E-state index is -0.337. The Kier molecular flexibility index (Phi) is 13.6. The molecule has 0 bridgehead atoms. The van der Waals surface area contributed by atoms with Gasteiger partial charge in [-0.1, -0.05) is 111 Å². The fourth-order valence-corrected chi connectivity index (χ4v) is 9.78. The third-order valence-corrected chi connectivity index (χ3v) is 14.0. The molecule has 3 aromatic heterocycles. The Bertz CT molecular complexity index is 2260. The summed E-state index contributed by atoms with van der Waals surface area (Å²) in [5, 5.41) is 16.6. The number of carbonyl (C=O) groups is 1. The molecule has 0 saturated heterocycles. The van der Waals surface area contributed by atoms with Gasteiger partial charge >= 0.3 is 0 Å². The minimum absolute atomic E-state index is 0. The number of aliphatic hydroxyl groups is 1. The van der Waals surface area contributed by atoms with Gasteiger partial charge in [0.2, 0.25) is 0 Å². The van der Waals surface area contributed by atoms with Crippen LogP contribution in [0.25, 0.3) is 52.3 Å². The van der Waals surface area contributed by atoms with Crippen LogP contribution < -0.4 is 0 Å². The average molecular weight is 925 g/mol. The minimum Gasteiger partial charge on any atom is -0.512 e. The first-order valence-corrected chi connectivity index (χ1v) is 20.8. The van der Waals surface area contributed by atoms with Crippen molar-refractivity contribution in [3.05, 3.63) is 88.6 Å². The first-order valence-electron chi connectivity index (χ1n) is 19.1. The molecule has 6 rings (SSSR count). The number of ketones is 1. The number of aromatic nitrogens is 1. The molecule has 0 aliphatic carbocycles. The molecule has 1 N–H and O–H groups in total. The number of rotatable bonds is 10. The summed E-state index contributed by atoms with van der Waals surface area (Å²) in [5.74, 6) is 0.949. The van der Waals surface area contributed by atoms with Crippen LogP contribution in [0.1, 0.15) is 118 Å². The summed E-state index contributed by atoms with van der Waals surface area (Å²) >= 11 is 3.88. The predicted molar refractivity (Wildman–Crippen MR) is 229 cm³/mol. The molecule has 53 heavy (non-hydrogen) atoms. The van der Waals surface area contributed by atoms with E-state index in [2.05, 4.69) is 96.1 Å². The zero-order chi connectivity index (χ0) is 38.2. The number of pyridine rings is 1. The molecular weight excluding hydrogens is 867 g/mol. The Morgan fingerprint density at radius 1 is 0.849 bits per heavy atom. The number of hydrogen-bond acceptors (Lipinski definition) is 5. The zero-order valence-electron chi connectivity index (χ0n) is 33.8. The summed E-state index contributed by atoms with van der Waals surface area (Å²) in [7, 11) is 0.